The summed E-state index contributed by atoms with van der Waals surface area (Å²) in [6.45, 7) is 0. The molecule has 0 saturated carbocycles. The predicted octanol–water partition coefficient (Wildman–Crippen LogP) is 12.7. The second kappa shape index (κ2) is 15.9. The summed E-state index contributed by atoms with van der Waals surface area (Å²) in [6, 6.07) is 71.1. The lowest BCUT2D eigenvalue weighted by molar-refractivity contribution is 0.219. The zero-order valence-electron chi connectivity index (χ0n) is 36.8. The highest BCUT2D eigenvalue weighted by Gasteiger charge is 2.30. The number of aliphatic hydroxyl groups is 1. The number of aromatic nitrogens is 5. The standard InChI is InChI=1S/C60H38N6O3/c67-55-43-13-1-7-19-49(43)64(50-20-8-2-14-44(50)55)40-31-25-37(26-32-40)58-61-59(38-27-33-41(34-28-38)65-51-21-9-3-15-45(51)56(68)46-16-4-10-22-52(46)65)63-60(62-58)39-29-35-42(36-30-39)66-53-23-11-5-17-47(53)57(69)48-18-6-12-24-54(48)66/h1-36,55,67H. The first-order valence-electron chi connectivity index (χ1n) is 22.8. The molecule has 1 N–H and O–H groups in total. The van der Waals surface area contributed by atoms with E-state index in [1.807, 2.05) is 206 Å². The number of rotatable bonds is 6. The maximum absolute atomic E-state index is 13.6. The van der Waals surface area contributed by atoms with E-state index in [0.29, 0.717) is 39.0 Å². The Balaban J connectivity index is 0.939. The molecule has 1 aliphatic rings. The van der Waals surface area contributed by atoms with Crippen molar-refractivity contribution in [3.63, 3.8) is 0 Å². The average Bonchev–Trinajstić information content (AvgIpc) is 3.42. The molecule has 0 radical (unpaired) electrons. The van der Waals surface area contributed by atoms with E-state index < -0.39 is 6.10 Å². The van der Waals surface area contributed by atoms with Crippen LogP contribution >= 0.6 is 0 Å². The van der Waals surface area contributed by atoms with Gasteiger partial charge in [-0.05, 0) is 133 Å². The quantitative estimate of drug-likeness (QED) is 0.166. The van der Waals surface area contributed by atoms with E-state index in [1.54, 1.807) is 0 Å². The van der Waals surface area contributed by atoms with Gasteiger partial charge in [-0.15, -0.1) is 0 Å². The molecule has 326 valence electrons. The van der Waals surface area contributed by atoms with Crippen molar-refractivity contribution in [1.29, 1.82) is 0 Å². The smallest absolute Gasteiger partial charge is 0.197 e. The summed E-state index contributed by atoms with van der Waals surface area (Å²) in [5.41, 5.74) is 11.9. The van der Waals surface area contributed by atoms with Gasteiger partial charge in [0.05, 0.1) is 33.4 Å². The summed E-state index contributed by atoms with van der Waals surface area (Å²) in [5.74, 6) is 1.49. The first-order valence-corrected chi connectivity index (χ1v) is 22.8. The van der Waals surface area contributed by atoms with Crippen LogP contribution in [0.25, 0.3) is 89.2 Å². The Kier molecular flexibility index (Phi) is 9.24. The Labute approximate surface area is 394 Å². The zero-order chi connectivity index (χ0) is 46.2. The Hall–Kier alpha value is -9.31. The second-order valence-corrected chi connectivity index (χ2v) is 17.2. The van der Waals surface area contributed by atoms with E-state index in [4.69, 9.17) is 15.0 Å². The van der Waals surface area contributed by atoms with Gasteiger partial charge in [-0.1, -0.05) is 84.9 Å². The molecule has 9 heteroatoms. The van der Waals surface area contributed by atoms with Gasteiger partial charge in [0.1, 0.15) is 6.10 Å². The molecule has 13 rings (SSSR count). The van der Waals surface area contributed by atoms with Gasteiger partial charge >= 0.3 is 0 Å². The van der Waals surface area contributed by atoms with Crippen LogP contribution in [0.1, 0.15) is 17.2 Å². The number of aliphatic hydroxyl groups excluding tert-OH is 1. The van der Waals surface area contributed by atoms with Gasteiger partial charge < -0.3 is 19.1 Å². The fourth-order valence-electron chi connectivity index (χ4n) is 10.0. The summed E-state index contributed by atoms with van der Waals surface area (Å²) in [7, 11) is 0. The molecule has 69 heavy (non-hydrogen) atoms. The van der Waals surface area contributed by atoms with Crippen LogP contribution in [-0.2, 0) is 0 Å². The van der Waals surface area contributed by atoms with Crippen molar-refractivity contribution < 1.29 is 5.11 Å². The fourth-order valence-corrected chi connectivity index (χ4v) is 10.0. The van der Waals surface area contributed by atoms with E-state index in [9.17, 15) is 14.7 Å². The summed E-state index contributed by atoms with van der Waals surface area (Å²) < 4.78 is 4.25. The third-order valence-corrected chi connectivity index (χ3v) is 13.3. The van der Waals surface area contributed by atoms with E-state index in [2.05, 4.69) is 26.2 Å². The molecule has 3 aromatic heterocycles. The van der Waals surface area contributed by atoms with Gasteiger partial charge in [-0.3, -0.25) is 9.59 Å². The number of anilines is 3. The molecule has 0 saturated heterocycles. The highest BCUT2D eigenvalue weighted by Crippen LogP contribution is 2.48. The minimum atomic E-state index is -0.732. The second-order valence-electron chi connectivity index (χ2n) is 17.2. The SMILES string of the molecule is O=c1c2ccccc2n(-c2ccc(-c3nc(-c4ccc(N5c6ccccc6C(O)c6ccccc65)cc4)nc(-c4ccc(-n5c6ccccc6c(=O)c6ccccc65)cc4)n3)cc2)c2ccccc12. The summed E-state index contributed by atoms with van der Waals surface area (Å²) in [5, 5.41) is 14.0. The summed E-state index contributed by atoms with van der Waals surface area (Å²) in [6.07, 6.45) is -0.732. The van der Waals surface area contributed by atoms with Gasteiger partial charge in [0.25, 0.3) is 0 Å². The lowest BCUT2D eigenvalue weighted by Gasteiger charge is -2.35. The summed E-state index contributed by atoms with van der Waals surface area (Å²) in [4.78, 5) is 44.7. The molecule has 0 spiro atoms. The van der Waals surface area contributed by atoms with E-state index >= 15 is 0 Å². The van der Waals surface area contributed by atoms with Crippen LogP contribution < -0.4 is 15.8 Å². The van der Waals surface area contributed by atoms with Crippen molar-refractivity contribution in [2.75, 3.05) is 4.90 Å². The molecule has 0 aliphatic carbocycles. The van der Waals surface area contributed by atoms with Gasteiger partial charge in [-0.2, -0.15) is 0 Å². The number of pyridine rings is 2. The predicted molar refractivity (Wildman–Crippen MR) is 276 cm³/mol. The van der Waals surface area contributed by atoms with Crippen molar-refractivity contribution in [2.24, 2.45) is 0 Å². The van der Waals surface area contributed by atoms with E-state index in [1.165, 1.54) is 0 Å². The Morgan fingerprint density at radius 3 is 0.971 bits per heavy atom. The monoisotopic (exact) mass is 890 g/mol. The third-order valence-electron chi connectivity index (χ3n) is 13.3. The number of para-hydroxylation sites is 6. The molecule has 0 bridgehead atoms. The van der Waals surface area contributed by atoms with Crippen LogP contribution in [0, 0.1) is 0 Å². The van der Waals surface area contributed by atoms with Gasteiger partial charge in [0, 0.05) is 66.4 Å². The van der Waals surface area contributed by atoms with Crippen LogP contribution in [-0.4, -0.2) is 29.2 Å². The Bertz CT molecular complexity index is 3780. The maximum atomic E-state index is 13.6. The fraction of sp³-hybridized carbons (Fsp3) is 0.0167. The largest absolute Gasteiger partial charge is 0.383 e. The topological polar surface area (TPSA) is 106 Å². The molecule has 12 aromatic rings. The normalized spacial score (nSPS) is 12.4. The molecule has 0 fully saturated rings. The first-order chi connectivity index (χ1) is 34.0. The van der Waals surface area contributed by atoms with Crippen LogP contribution in [0.5, 0.6) is 0 Å². The lowest BCUT2D eigenvalue weighted by atomic mass is 9.92. The average molecular weight is 891 g/mol. The maximum Gasteiger partial charge on any atom is 0.197 e. The lowest BCUT2D eigenvalue weighted by Crippen LogP contribution is -2.21. The molecule has 1 aliphatic heterocycles. The number of hydrogen-bond acceptors (Lipinski definition) is 7. The van der Waals surface area contributed by atoms with Gasteiger partial charge in [0.2, 0.25) is 0 Å². The molecule has 0 unspecified atom stereocenters. The van der Waals surface area contributed by atoms with Crippen molar-refractivity contribution in [2.45, 2.75) is 6.10 Å². The van der Waals surface area contributed by atoms with Gasteiger partial charge in [-0.25, -0.2) is 15.0 Å². The Morgan fingerprint density at radius 1 is 0.333 bits per heavy atom. The zero-order valence-corrected chi connectivity index (χ0v) is 36.8. The van der Waals surface area contributed by atoms with Crippen molar-refractivity contribution in [3.8, 4) is 45.5 Å². The highest BCUT2D eigenvalue weighted by atomic mass is 16.3. The van der Waals surface area contributed by atoms with Crippen LogP contribution in [0.3, 0.4) is 0 Å². The third kappa shape index (κ3) is 6.47. The number of nitrogens with zero attached hydrogens (tertiary/aromatic N) is 6. The van der Waals surface area contributed by atoms with Crippen LogP contribution in [0.4, 0.5) is 17.1 Å². The van der Waals surface area contributed by atoms with Gasteiger partial charge in [0.15, 0.2) is 28.3 Å². The Morgan fingerprint density at radius 2 is 0.623 bits per heavy atom. The molecule has 4 heterocycles. The number of fused-ring (bicyclic) bond motifs is 6. The first kappa shape index (κ1) is 40.0. The minimum absolute atomic E-state index is 0.00500. The molecular weight excluding hydrogens is 853 g/mol. The van der Waals surface area contributed by atoms with Crippen molar-refractivity contribution in [3.05, 3.63) is 250 Å². The van der Waals surface area contributed by atoms with E-state index in [0.717, 1.165) is 78.3 Å². The van der Waals surface area contributed by atoms with E-state index in [-0.39, 0.29) is 10.9 Å². The summed E-state index contributed by atoms with van der Waals surface area (Å²) >= 11 is 0. The molecule has 0 amide bonds. The minimum Gasteiger partial charge on any atom is -0.383 e. The van der Waals surface area contributed by atoms with Crippen molar-refractivity contribution >= 4 is 60.7 Å². The molecule has 0 atom stereocenters. The van der Waals surface area contributed by atoms with Crippen LogP contribution in [0.2, 0.25) is 0 Å². The molecular formula is C60H38N6O3. The number of benzene rings is 9. The molecule has 9 nitrogen and oxygen atoms in total. The highest BCUT2D eigenvalue weighted by molar-refractivity contribution is 5.97. The van der Waals surface area contributed by atoms with Crippen LogP contribution in [0.15, 0.2) is 228 Å². The number of hydrogen-bond donors (Lipinski definition) is 1. The van der Waals surface area contributed by atoms with Crippen molar-refractivity contribution in [1.82, 2.24) is 24.1 Å². The molecule has 9 aromatic carbocycles.